The van der Waals surface area contributed by atoms with E-state index in [2.05, 4.69) is 4.72 Å². The Bertz CT molecular complexity index is 324. The number of nitrogens with one attached hydrogen (secondary N) is 1. The van der Waals surface area contributed by atoms with Gasteiger partial charge in [0.05, 0.1) is 4.75 Å². The molecule has 0 spiro atoms. The highest BCUT2D eigenvalue weighted by atomic mass is 32.2. The van der Waals surface area contributed by atoms with Crippen LogP contribution < -0.4 is 10.5 Å². The van der Waals surface area contributed by atoms with E-state index in [1.54, 1.807) is 20.8 Å². The quantitative estimate of drug-likeness (QED) is 0.786. The van der Waals surface area contributed by atoms with Gasteiger partial charge >= 0.3 is 0 Å². The normalized spacial score (nSPS) is 21.2. The summed E-state index contributed by atoms with van der Waals surface area (Å²) in [6, 6.07) is 0. The molecule has 0 aromatic rings. The molecule has 1 saturated carbocycles. The summed E-state index contributed by atoms with van der Waals surface area (Å²) in [5.41, 5.74) is 5.77. The third-order valence-electron chi connectivity index (χ3n) is 3.54. The smallest absolute Gasteiger partial charge is 0.216 e. The molecule has 0 aromatic heterocycles. The van der Waals surface area contributed by atoms with E-state index in [9.17, 15) is 8.42 Å². The van der Waals surface area contributed by atoms with Crippen molar-refractivity contribution in [2.75, 3.05) is 13.1 Å². The Hall–Kier alpha value is -0.130. The van der Waals surface area contributed by atoms with Crippen molar-refractivity contribution in [3.63, 3.8) is 0 Å². The summed E-state index contributed by atoms with van der Waals surface area (Å²) in [5, 5.41) is 0. The van der Waals surface area contributed by atoms with Gasteiger partial charge in [-0.25, -0.2) is 13.1 Å². The number of nitrogens with two attached hydrogens (primary N) is 1. The van der Waals surface area contributed by atoms with E-state index in [1.165, 1.54) is 0 Å². The van der Waals surface area contributed by atoms with E-state index >= 15 is 0 Å². The molecule has 5 heteroatoms. The lowest BCUT2D eigenvalue weighted by atomic mass is 9.87. The van der Waals surface area contributed by atoms with Crippen molar-refractivity contribution in [1.82, 2.24) is 4.72 Å². The van der Waals surface area contributed by atoms with E-state index in [-0.39, 0.29) is 5.41 Å². The average Bonchev–Trinajstić information content (AvgIpc) is 2.62. The number of hydrogen-bond acceptors (Lipinski definition) is 3. The average molecular weight is 248 g/mol. The zero-order chi connectivity index (χ0) is 12.4. The van der Waals surface area contributed by atoms with Crippen molar-refractivity contribution < 1.29 is 8.42 Å². The zero-order valence-corrected chi connectivity index (χ0v) is 11.4. The molecule has 1 fully saturated rings. The number of rotatable bonds is 4. The van der Waals surface area contributed by atoms with Gasteiger partial charge in [0.1, 0.15) is 0 Å². The predicted molar refractivity (Wildman–Crippen MR) is 66.6 cm³/mol. The van der Waals surface area contributed by atoms with Gasteiger partial charge in [-0.1, -0.05) is 12.8 Å². The second-order valence-corrected chi connectivity index (χ2v) is 8.37. The van der Waals surface area contributed by atoms with E-state index in [0.717, 1.165) is 25.7 Å². The summed E-state index contributed by atoms with van der Waals surface area (Å²) in [7, 11) is -3.24. The first-order valence-electron chi connectivity index (χ1n) is 5.92. The Morgan fingerprint density at radius 3 is 2.12 bits per heavy atom. The maximum absolute atomic E-state index is 11.9. The monoisotopic (exact) mass is 248 g/mol. The van der Waals surface area contributed by atoms with Crippen LogP contribution >= 0.6 is 0 Å². The van der Waals surface area contributed by atoms with Crippen LogP contribution in [-0.2, 0) is 10.0 Å². The minimum Gasteiger partial charge on any atom is -0.330 e. The van der Waals surface area contributed by atoms with Gasteiger partial charge in [0.25, 0.3) is 0 Å². The number of hydrogen-bond donors (Lipinski definition) is 2. The molecule has 0 heterocycles. The Morgan fingerprint density at radius 1 is 1.25 bits per heavy atom. The van der Waals surface area contributed by atoms with Crippen molar-refractivity contribution in [3.05, 3.63) is 0 Å². The van der Waals surface area contributed by atoms with E-state index < -0.39 is 14.8 Å². The topological polar surface area (TPSA) is 72.2 Å². The summed E-state index contributed by atoms with van der Waals surface area (Å²) < 4.78 is 25.8. The molecule has 16 heavy (non-hydrogen) atoms. The Kier molecular flexibility index (Phi) is 4.03. The Morgan fingerprint density at radius 2 is 1.75 bits per heavy atom. The van der Waals surface area contributed by atoms with Crippen LogP contribution in [0.5, 0.6) is 0 Å². The third kappa shape index (κ3) is 2.96. The summed E-state index contributed by atoms with van der Waals surface area (Å²) >= 11 is 0. The van der Waals surface area contributed by atoms with Gasteiger partial charge in [0.15, 0.2) is 0 Å². The van der Waals surface area contributed by atoms with Crippen LogP contribution in [0.1, 0.15) is 46.5 Å². The molecule has 1 rings (SSSR count). The second kappa shape index (κ2) is 4.63. The lowest BCUT2D eigenvalue weighted by molar-refractivity contribution is 0.308. The summed E-state index contributed by atoms with van der Waals surface area (Å²) in [4.78, 5) is 0. The van der Waals surface area contributed by atoms with Crippen LogP contribution in [0.25, 0.3) is 0 Å². The molecule has 0 atom stereocenters. The second-order valence-electron chi connectivity index (χ2n) is 5.85. The lowest BCUT2D eigenvalue weighted by Gasteiger charge is -2.29. The molecule has 1 aliphatic rings. The lowest BCUT2D eigenvalue weighted by Crippen LogP contribution is -2.46. The van der Waals surface area contributed by atoms with Crippen molar-refractivity contribution in [2.45, 2.75) is 51.2 Å². The van der Waals surface area contributed by atoms with Crippen molar-refractivity contribution in [2.24, 2.45) is 11.1 Å². The molecule has 0 radical (unpaired) electrons. The van der Waals surface area contributed by atoms with Gasteiger partial charge < -0.3 is 5.73 Å². The Labute approximate surface area is 99.0 Å². The van der Waals surface area contributed by atoms with E-state index in [4.69, 9.17) is 5.73 Å². The minimum atomic E-state index is -3.24. The minimum absolute atomic E-state index is 0.00167. The third-order valence-corrected chi connectivity index (χ3v) is 5.68. The first-order valence-corrected chi connectivity index (χ1v) is 7.40. The van der Waals surface area contributed by atoms with Crippen LogP contribution in [-0.4, -0.2) is 26.3 Å². The van der Waals surface area contributed by atoms with E-state index in [1.807, 2.05) is 0 Å². The summed E-state index contributed by atoms with van der Waals surface area (Å²) in [5.74, 6) is 0. The van der Waals surface area contributed by atoms with E-state index in [0.29, 0.717) is 13.1 Å². The molecule has 0 saturated heterocycles. The number of sulfonamides is 1. The highest BCUT2D eigenvalue weighted by molar-refractivity contribution is 7.90. The van der Waals surface area contributed by atoms with Crippen LogP contribution in [0.4, 0.5) is 0 Å². The molecule has 96 valence electrons. The fraction of sp³-hybridized carbons (Fsp3) is 1.00. The first-order chi connectivity index (χ1) is 7.22. The fourth-order valence-corrected chi connectivity index (χ4v) is 2.97. The van der Waals surface area contributed by atoms with Crippen molar-refractivity contribution >= 4 is 10.0 Å². The maximum Gasteiger partial charge on any atom is 0.216 e. The van der Waals surface area contributed by atoms with Crippen LogP contribution in [0.15, 0.2) is 0 Å². The van der Waals surface area contributed by atoms with Gasteiger partial charge in [0, 0.05) is 6.54 Å². The molecule has 4 nitrogen and oxygen atoms in total. The first kappa shape index (κ1) is 13.9. The highest BCUT2D eigenvalue weighted by Gasteiger charge is 2.36. The molecule has 1 aliphatic carbocycles. The van der Waals surface area contributed by atoms with Gasteiger partial charge in [-0.2, -0.15) is 0 Å². The molecule has 0 unspecified atom stereocenters. The SMILES string of the molecule is CC(C)(C)S(=O)(=O)NCC1(CN)CCCC1. The zero-order valence-electron chi connectivity index (χ0n) is 10.5. The maximum atomic E-state index is 11.9. The molecule has 3 N–H and O–H groups in total. The molecule has 0 aromatic carbocycles. The molecular formula is C11H24N2O2S. The van der Waals surface area contributed by atoms with Gasteiger partial charge in [-0.05, 0) is 45.6 Å². The molecule has 0 bridgehead atoms. The summed E-state index contributed by atoms with van der Waals surface area (Å²) in [6.45, 7) is 6.18. The molecular weight excluding hydrogens is 224 g/mol. The standard InChI is InChI=1S/C11H24N2O2S/c1-10(2,3)16(14,15)13-9-11(8-12)6-4-5-7-11/h13H,4-9,12H2,1-3H3. The predicted octanol–water partition coefficient (Wildman–Crippen LogP) is 1.22. The molecule has 0 amide bonds. The molecule has 0 aliphatic heterocycles. The van der Waals surface area contributed by atoms with Gasteiger partial charge in [-0.3, -0.25) is 0 Å². The van der Waals surface area contributed by atoms with Crippen molar-refractivity contribution in [1.29, 1.82) is 0 Å². The summed E-state index contributed by atoms with van der Waals surface area (Å²) in [6.07, 6.45) is 4.40. The fourth-order valence-electron chi connectivity index (χ4n) is 2.04. The van der Waals surface area contributed by atoms with Crippen molar-refractivity contribution in [3.8, 4) is 0 Å². The van der Waals surface area contributed by atoms with Crippen LogP contribution in [0.2, 0.25) is 0 Å². The van der Waals surface area contributed by atoms with Gasteiger partial charge in [-0.15, -0.1) is 0 Å². The van der Waals surface area contributed by atoms with Crippen LogP contribution in [0.3, 0.4) is 0 Å². The van der Waals surface area contributed by atoms with Crippen LogP contribution in [0, 0.1) is 5.41 Å². The van der Waals surface area contributed by atoms with Gasteiger partial charge in [0.2, 0.25) is 10.0 Å². The largest absolute Gasteiger partial charge is 0.330 e. The Balaban J connectivity index is 2.64. The highest BCUT2D eigenvalue weighted by Crippen LogP contribution is 2.36.